The quantitative estimate of drug-likeness (QED) is 0.676. The molecule has 4 heteroatoms. The van der Waals surface area contributed by atoms with Crippen LogP contribution in [0.2, 0.25) is 0 Å². The molecule has 2 aliphatic heterocycles. The van der Waals surface area contributed by atoms with Crippen molar-refractivity contribution in [3.05, 3.63) is 0 Å². The van der Waals surface area contributed by atoms with Crippen LogP contribution >= 0.6 is 0 Å². The van der Waals surface area contributed by atoms with Crippen LogP contribution in [0.1, 0.15) is 25.7 Å². The third kappa shape index (κ3) is 2.49. The summed E-state index contributed by atoms with van der Waals surface area (Å²) in [7, 11) is 0. The van der Waals surface area contributed by atoms with E-state index in [2.05, 4.69) is 5.32 Å². The normalized spacial score (nSPS) is 31.9. The number of aliphatic hydroxyl groups excluding tert-OH is 1. The van der Waals surface area contributed by atoms with Crippen LogP contribution in [0.15, 0.2) is 0 Å². The van der Waals surface area contributed by atoms with Crippen molar-refractivity contribution in [2.24, 2.45) is 5.92 Å². The van der Waals surface area contributed by atoms with Crippen molar-refractivity contribution in [2.45, 2.75) is 31.7 Å². The van der Waals surface area contributed by atoms with Crippen LogP contribution in [0.4, 0.5) is 0 Å². The molecular formula is C11H20N2O2. The smallest absolute Gasteiger partial charge is 0.239 e. The fourth-order valence-electron chi connectivity index (χ4n) is 2.53. The molecule has 1 amide bonds. The lowest BCUT2D eigenvalue weighted by Gasteiger charge is -2.33. The van der Waals surface area contributed by atoms with Crippen molar-refractivity contribution in [1.29, 1.82) is 0 Å². The van der Waals surface area contributed by atoms with Gasteiger partial charge in [-0.2, -0.15) is 0 Å². The average molecular weight is 212 g/mol. The van der Waals surface area contributed by atoms with Gasteiger partial charge in [0.15, 0.2) is 0 Å². The van der Waals surface area contributed by atoms with Crippen molar-refractivity contribution in [3.8, 4) is 0 Å². The van der Waals surface area contributed by atoms with Crippen LogP contribution in [0, 0.1) is 5.92 Å². The van der Waals surface area contributed by atoms with E-state index in [9.17, 15) is 4.79 Å². The molecule has 2 heterocycles. The summed E-state index contributed by atoms with van der Waals surface area (Å²) in [6.07, 6.45) is 4.16. The first-order chi connectivity index (χ1) is 7.31. The Morgan fingerprint density at radius 3 is 2.93 bits per heavy atom. The summed E-state index contributed by atoms with van der Waals surface area (Å²) in [6.45, 7) is 2.79. The number of amides is 1. The summed E-state index contributed by atoms with van der Waals surface area (Å²) >= 11 is 0. The van der Waals surface area contributed by atoms with Gasteiger partial charge < -0.3 is 15.3 Å². The Morgan fingerprint density at radius 1 is 1.40 bits per heavy atom. The van der Waals surface area contributed by atoms with E-state index in [1.165, 1.54) is 0 Å². The zero-order valence-corrected chi connectivity index (χ0v) is 9.11. The molecule has 0 aromatic heterocycles. The Morgan fingerprint density at radius 2 is 2.27 bits per heavy atom. The molecule has 2 rings (SSSR count). The van der Waals surface area contributed by atoms with Gasteiger partial charge in [0.25, 0.3) is 0 Å². The van der Waals surface area contributed by atoms with Gasteiger partial charge in [0.1, 0.15) is 0 Å². The van der Waals surface area contributed by atoms with Gasteiger partial charge in [0.2, 0.25) is 5.91 Å². The largest absolute Gasteiger partial charge is 0.396 e. The van der Waals surface area contributed by atoms with Crippen molar-refractivity contribution < 1.29 is 9.90 Å². The van der Waals surface area contributed by atoms with E-state index in [1.54, 1.807) is 0 Å². The van der Waals surface area contributed by atoms with Gasteiger partial charge in [0.05, 0.1) is 6.04 Å². The van der Waals surface area contributed by atoms with Gasteiger partial charge in [-0.3, -0.25) is 4.79 Å². The van der Waals surface area contributed by atoms with E-state index >= 15 is 0 Å². The summed E-state index contributed by atoms with van der Waals surface area (Å²) in [5.41, 5.74) is 0. The van der Waals surface area contributed by atoms with Crippen molar-refractivity contribution in [3.63, 3.8) is 0 Å². The highest BCUT2D eigenvalue weighted by Crippen LogP contribution is 2.18. The lowest BCUT2D eigenvalue weighted by atomic mass is 9.98. The number of rotatable bonds is 2. The molecule has 0 radical (unpaired) electrons. The highest BCUT2D eigenvalue weighted by Gasteiger charge is 2.29. The Bertz CT molecular complexity index is 227. The SMILES string of the molecule is O=C([C@@H]1CCCN1)N1CCCC(CO)C1. The molecule has 1 unspecified atom stereocenters. The first-order valence-corrected chi connectivity index (χ1v) is 5.94. The highest BCUT2D eigenvalue weighted by molar-refractivity contribution is 5.82. The third-order valence-corrected chi connectivity index (χ3v) is 3.45. The first kappa shape index (κ1) is 10.9. The van der Waals surface area contributed by atoms with Crippen LogP contribution in [0.25, 0.3) is 0 Å². The Kier molecular flexibility index (Phi) is 3.59. The molecule has 0 aromatic rings. The fourth-order valence-corrected chi connectivity index (χ4v) is 2.53. The Labute approximate surface area is 90.6 Å². The Hall–Kier alpha value is -0.610. The summed E-state index contributed by atoms with van der Waals surface area (Å²) < 4.78 is 0. The minimum Gasteiger partial charge on any atom is -0.396 e. The molecule has 0 aromatic carbocycles. The molecule has 0 spiro atoms. The van der Waals surface area contributed by atoms with Crippen LogP contribution in [0.5, 0.6) is 0 Å². The fraction of sp³-hybridized carbons (Fsp3) is 0.909. The van der Waals surface area contributed by atoms with Crippen LogP contribution in [0.3, 0.4) is 0 Å². The van der Waals surface area contributed by atoms with E-state index in [1.807, 2.05) is 4.90 Å². The molecule has 0 bridgehead atoms. The lowest BCUT2D eigenvalue weighted by Crippen LogP contribution is -2.48. The number of aliphatic hydroxyl groups is 1. The molecule has 2 aliphatic rings. The van der Waals surface area contributed by atoms with Crippen molar-refractivity contribution >= 4 is 5.91 Å². The maximum absolute atomic E-state index is 12.0. The summed E-state index contributed by atoms with van der Waals surface area (Å²) in [5, 5.41) is 12.3. The molecule has 2 atom stereocenters. The number of nitrogens with one attached hydrogen (secondary N) is 1. The molecule has 4 nitrogen and oxygen atoms in total. The van der Waals surface area contributed by atoms with Gasteiger partial charge >= 0.3 is 0 Å². The van der Waals surface area contributed by atoms with Crippen molar-refractivity contribution in [2.75, 3.05) is 26.2 Å². The maximum Gasteiger partial charge on any atom is 0.239 e. The number of carbonyl (C=O) groups is 1. The van der Waals surface area contributed by atoms with E-state index in [-0.39, 0.29) is 18.6 Å². The average Bonchev–Trinajstić information content (AvgIpc) is 2.81. The predicted octanol–water partition coefficient (Wildman–Crippen LogP) is -0.0307. The molecule has 0 aliphatic carbocycles. The van der Waals surface area contributed by atoms with Gasteiger partial charge in [0, 0.05) is 19.7 Å². The number of piperidine rings is 1. The summed E-state index contributed by atoms with van der Waals surface area (Å²) in [4.78, 5) is 14.0. The lowest BCUT2D eigenvalue weighted by molar-refractivity contribution is -0.135. The van der Waals surface area contributed by atoms with Gasteiger partial charge in [-0.15, -0.1) is 0 Å². The topological polar surface area (TPSA) is 52.6 Å². The van der Waals surface area contributed by atoms with Gasteiger partial charge in [-0.1, -0.05) is 0 Å². The molecule has 2 fully saturated rings. The minimum atomic E-state index is 0.0439. The highest BCUT2D eigenvalue weighted by atomic mass is 16.3. The molecule has 0 saturated carbocycles. The second-order valence-electron chi connectivity index (χ2n) is 4.62. The van der Waals surface area contributed by atoms with Crippen LogP contribution < -0.4 is 5.32 Å². The number of likely N-dealkylation sites (tertiary alicyclic amines) is 1. The molecule has 15 heavy (non-hydrogen) atoms. The first-order valence-electron chi connectivity index (χ1n) is 5.94. The van der Waals surface area contributed by atoms with Gasteiger partial charge in [-0.05, 0) is 38.1 Å². The molecule has 2 N–H and O–H groups in total. The van der Waals surface area contributed by atoms with E-state index in [0.717, 1.165) is 45.3 Å². The Balaban J connectivity index is 1.88. The third-order valence-electron chi connectivity index (χ3n) is 3.45. The van der Waals surface area contributed by atoms with Crippen LogP contribution in [-0.4, -0.2) is 48.2 Å². The van der Waals surface area contributed by atoms with Crippen molar-refractivity contribution in [1.82, 2.24) is 10.2 Å². The predicted molar refractivity (Wildman–Crippen MR) is 57.4 cm³/mol. The standard InChI is InChI=1S/C11H20N2O2/c14-8-9-3-2-6-13(7-9)11(15)10-4-1-5-12-10/h9-10,12,14H,1-8H2/t9?,10-/m0/s1. The number of hydrogen-bond acceptors (Lipinski definition) is 3. The van der Waals surface area contributed by atoms with E-state index in [0.29, 0.717) is 5.92 Å². The molecule has 86 valence electrons. The maximum atomic E-state index is 12.0. The van der Waals surface area contributed by atoms with E-state index in [4.69, 9.17) is 5.11 Å². The number of carbonyl (C=O) groups excluding carboxylic acids is 1. The van der Waals surface area contributed by atoms with Crippen LogP contribution in [-0.2, 0) is 4.79 Å². The zero-order chi connectivity index (χ0) is 10.7. The zero-order valence-electron chi connectivity index (χ0n) is 9.11. The van der Waals surface area contributed by atoms with Gasteiger partial charge in [-0.25, -0.2) is 0 Å². The monoisotopic (exact) mass is 212 g/mol. The summed E-state index contributed by atoms with van der Waals surface area (Å²) in [5.74, 6) is 0.537. The minimum absolute atomic E-state index is 0.0439. The second-order valence-corrected chi connectivity index (χ2v) is 4.62. The molecular weight excluding hydrogens is 192 g/mol. The molecule has 2 saturated heterocycles. The summed E-state index contributed by atoms with van der Waals surface area (Å²) in [6, 6.07) is 0.0439. The number of hydrogen-bond donors (Lipinski definition) is 2. The number of nitrogens with zero attached hydrogens (tertiary/aromatic N) is 1. The second kappa shape index (κ2) is 4.94. The van der Waals surface area contributed by atoms with E-state index < -0.39 is 0 Å².